The van der Waals surface area contributed by atoms with Crippen molar-refractivity contribution in [2.75, 3.05) is 52.9 Å². The lowest BCUT2D eigenvalue weighted by atomic mass is 10.1. The van der Waals surface area contributed by atoms with Crippen molar-refractivity contribution < 1.29 is 23.8 Å². The summed E-state index contributed by atoms with van der Waals surface area (Å²) in [7, 11) is 4.57. The van der Waals surface area contributed by atoms with Gasteiger partial charge < -0.3 is 30.2 Å². The van der Waals surface area contributed by atoms with Crippen molar-refractivity contribution in [1.29, 1.82) is 0 Å². The van der Waals surface area contributed by atoms with Crippen molar-refractivity contribution >= 4 is 17.5 Å². The predicted molar refractivity (Wildman–Crippen MR) is 90.9 cm³/mol. The molecular weight excluding hydrogens is 314 g/mol. The highest BCUT2D eigenvalue weighted by molar-refractivity contribution is 5.99. The number of ether oxygens (including phenoxy) is 3. The van der Waals surface area contributed by atoms with Crippen LogP contribution in [-0.4, -0.2) is 59.4 Å². The Morgan fingerprint density at radius 2 is 1.79 bits per heavy atom. The molecule has 0 heterocycles. The maximum atomic E-state index is 12.3. The van der Waals surface area contributed by atoms with Crippen molar-refractivity contribution in [3.63, 3.8) is 0 Å². The summed E-state index contributed by atoms with van der Waals surface area (Å²) in [5.74, 6) is 0.198. The van der Waals surface area contributed by atoms with Gasteiger partial charge in [0.15, 0.2) is 11.5 Å². The number of carbonyl (C=O) groups excluding carboxylic acids is 2. The molecule has 0 saturated heterocycles. The molecule has 1 aromatic rings. The Kier molecular flexibility index (Phi) is 8.59. The summed E-state index contributed by atoms with van der Waals surface area (Å²) in [6.45, 7) is 3.80. The molecule has 1 rings (SSSR count). The number of nitrogens with one attached hydrogen (secondary N) is 3. The standard InChI is InChI=1S/C16H25N3O5/c1-11(20)19-13-9-12(10-14(23-3)15(13)24-4)16(21)18-6-5-17-7-8-22-2/h9-10,17H,5-8H2,1-4H3,(H,18,21)(H,19,20). The van der Waals surface area contributed by atoms with Crippen molar-refractivity contribution in [2.45, 2.75) is 6.92 Å². The van der Waals surface area contributed by atoms with Crippen LogP contribution in [0, 0.1) is 0 Å². The molecule has 0 aliphatic rings. The van der Waals surface area contributed by atoms with E-state index in [0.717, 1.165) is 6.54 Å². The molecule has 8 heteroatoms. The second kappa shape index (κ2) is 10.5. The summed E-state index contributed by atoms with van der Waals surface area (Å²) in [4.78, 5) is 23.6. The first kappa shape index (κ1) is 19.7. The fourth-order valence-electron chi connectivity index (χ4n) is 2.04. The van der Waals surface area contributed by atoms with Crippen LogP contribution in [0.3, 0.4) is 0 Å². The highest BCUT2D eigenvalue weighted by Crippen LogP contribution is 2.36. The van der Waals surface area contributed by atoms with Crippen LogP contribution >= 0.6 is 0 Å². The van der Waals surface area contributed by atoms with Crippen LogP contribution in [0.4, 0.5) is 5.69 Å². The zero-order chi connectivity index (χ0) is 17.9. The van der Waals surface area contributed by atoms with E-state index in [-0.39, 0.29) is 11.8 Å². The lowest BCUT2D eigenvalue weighted by Gasteiger charge is -2.15. The zero-order valence-electron chi connectivity index (χ0n) is 14.5. The van der Waals surface area contributed by atoms with Crippen molar-refractivity contribution in [2.24, 2.45) is 0 Å². The zero-order valence-corrected chi connectivity index (χ0v) is 14.5. The second-order valence-corrected chi connectivity index (χ2v) is 4.94. The van der Waals surface area contributed by atoms with Crippen LogP contribution in [0.2, 0.25) is 0 Å². The fourth-order valence-corrected chi connectivity index (χ4v) is 2.04. The fraction of sp³-hybridized carbons (Fsp3) is 0.500. The largest absolute Gasteiger partial charge is 0.493 e. The lowest BCUT2D eigenvalue weighted by molar-refractivity contribution is -0.114. The van der Waals surface area contributed by atoms with Crippen molar-refractivity contribution in [3.8, 4) is 11.5 Å². The van der Waals surface area contributed by atoms with Gasteiger partial charge in [-0.2, -0.15) is 0 Å². The number of hydrogen-bond donors (Lipinski definition) is 3. The smallest absolute Gasteiger partial charge is 0.251 e. The third-order valence-electron chi connectivity index (χ3n) is 3.12. The Balaban J connectivity index is 2.78. The van der Waals surface area contributed by atoms with Crippen LogP contribution in [0.25, 0.3) is 0 Å². The SMILES string of the molecule is COCCNCCNC(=O)c1cc(NC(C)=O)c(OC)c(OC)c1. The van der Waals surface area contributed by atoms with Gasteiger partial charge in [-0.1, -0.05) is 0 Å². The molecular formula is C16H25N3O5. The van der Waals surface area contributed by atoms with Gasteiger partial charge in [-0.05, 0) is 12.1 Å². The van der Waals surface area contributed by atoms with Crippen molar-refractivity contribution in [1.82, 2.24) is 10.6 Å². The van der Waals surface area contributed by atoms with Gasteiger partial charge in [0.05, 0.1) is 26.5 Å². The van der Waals surface area contributed by atoms with E-state index in [2.05, 4.69) is 16.0 Å². The van der Waals surface area contributed by atoms with Gasteiger partial charge in [0, 0.05) is 39.2 Å². The van der Waals surface area contributed by atoms with Crippen molar-refractivity contribution in [3.05, 3.63) is 17.7 Å². The molecule has 8 nitrogen and oxygen atoms in total. The molecule has 0 aliphatic heterocycles. The Morgan fingerprint density at radius 3 is 2.38 bits per heavy atom. The minimum Gasteiger partial charge on any atom is -0.493 e. The van der Waals surface area contributed by atoms with Crippen LogP contribution in [0.5, 0.6) is 11.5 Å². The molecule has 2 amide bonds. The van der Waals surface area contributed by atoms with Gasteiger partial charge in [0.1, 0.15) is 0 Å². The molecule has 0 aliphatic carbocycles. The van der Waals surface area contributed by atoms with E-state index in [4.69, 9.17) is 14.2 Å². The average molecular weight is 339 g/mol. The monoisotopic (exact) mass is 339 g/mol. The first-order valence-corrected chi connectivity index (χ1v) is 7.55. The van der Waals surface area contributed by atoms with Gasteiger partial charge >= 0.3 is 0 Å². The first-order chi connectivity index (χ1) is 11.5. The summed E-state index contributed by atoms with van der Waals surface area (Å²) < 4.78 is 15.4. The Morgan fingerprint density at radius 1 is 1.04 bits per heavy atom. The Bertz CT molecular complexity index is 563. The third kappa shape index (κ3) is 6.05. The van der Waals surface area contributed by atoms with Crippen LogP contribution < -0.4 is 25.4 Å². The molecule has 0 saturated carbocycles. The summed E-state index contributed by atoms with van der Waals surface area (Å²) in [6, 6.07) is 3.12. The molecule has 0 spiro atoms. The van der Waals surface area contributed by atoms with Crippen LogP contribution in [0.15, 0.2) is 12.1 Å². The van der Waals surface area contributed by atoms with E-state index < -0.39 is 0 Å². The summed E-state index contributed by atoms with van der Waals surface area (Å²) in [6.07, 6.45) is 0. The minimum atomic E-state index is -0.268. The molecule has 0 fully saturated rings. The third-order valence-corrected chi connectivity index (χ3v) is 3.12. The number of carbonyl (C=O) groups is 2. The minimum absolute atomic E-state index is 0.268. The highest BCUT2D eigenvalue weighted by atomic mass is 16.5. The van der Waals surface area contributed by atoms with E-state index in [1.807, 2.05) is 0 Å². The van der Waals surface area contributed by atoms with E-state index in [9.17, 15) is 9.59 Å². The lowest BCUT2D eigenvalue weighted by Crippen LogP contribution is -2.33. The second-order valence-electron chi connectivity index (χ2n) is 4.94. The van der Waals surface area contributed by atoms with E-state index in [1.54, 1.807) is 19.2 Å². The topological polar surface area (TPSA) is 97.9 Å². The maximum Gasteiger partial charge on any atom is 0.251 e. The number of benzene rings is 1. The number of methoxy groups -OCH3 is 3. The predicted octanol–water partition coefficient (Wildman–Crippen LogP) is 0.628. The summed E-state index contributed by atoms with van der Waals surface area (Å²) in [5.41, 5.74) is 0.751. The Labute approximate surface area is 141 Å². The average Bonchev–Trinajstić information content (AvgIpc) is 2.56. The quantitative estimate of drug-likeness (QED) is 0.541. The van der Waals surface area contributed by atoms with E-state index in [0.29, 0.717) is 42.4 Å². The summed E-state index contributed by atoms with van der Waals surface area (Å²) in [5, 5.41) is 8.56. The molecule has 0 atom stereocenters. The van der Waals surface area contributed by atoms with Gasteiger partial charge in [0.2, 0.25) is 5.91 Å². The normalized spacial score (nSPS) is 10.2. The van der Waals surface area contributed by atoms with Crippen LogP contribution in [0.1, 0.15) is 17.3 Å². The molecule has 1 aromatic carbocycles. The molecule has 0 bridgehead atoms. The molecule has 24 heavy (non-hydrogen) atoms. The molecule has 134 valence electrons. The Hall–Kier alpha value is -2.32. The first-order valence-electron chi connectivity index (χ1n) is 7.55. The molecule has 0 aromatic heterocycles. The van der Waals surface area contributed by atoms with Gasteiger partial charge in [0.25, 0.3) is 5.91 Å². The number of rotatable bonds is 10. The van der Waals surface area contributed by atoms with Gasteiger partial charge in [-0.25, -0.2) is 0 Å². The van der Waals surface area contributed by atoms with E-state index in [1.165, 1.54) is 21.1 Å². The molecule has 0 radical (unpaired) electrons. The van der Waals surface area contributed by atoms with Crippen LogP contribution in [-0.2, 0) is 9.53 Å². The van der Waals surface area contributed by atoms with E-state index >= 15 is 0 Å². The maximum absolute atomic E-state index is 12.3. The van der Waals surface area contributed by atoms with Gasteiger partial charge in [-0.15, -0.1) is 0 Å². The van der Waals surface area contributed by atoms with Gasteiger partial charge in [-0.3, -0.25) is 9.59 Å². The molecule has 0 unspecified atom stereocenters. The molecule has 3 N–H and O–H groups in total. The number of hydrogen-bond acceptors (Lipinski definition) is 6. The number of anilines is 1. The summed E-state index contributed by atoms with van der Waals surface area (Å²) >= 11 is 0. The highest BCUT2D eigenvalue weighted by Gasteiger charge is 2.16. The number of amides is 2.